The summed E-state index contributed by atoms with van der Waals surface area (Å²) >= 11 is 0. The van der Waals surface area contributed by atoms with E-state index in [9.17, 15) is 0 Å². The summed E-state index contributed by atoms with van der Waals surface area (Å²) in [4.78, 5) is 8.03. The van der Waals surface area contributed by atoms with E-state index in [4.69, 9.17) is 25.7 Å². The zero-order valence-electron chi connectivity index (χ0n) is 17.9. The van der Waals surface area contributed by atoms with Crippen molar-refractivity contribution in [2.75, 3.05) is 32.3 Å². The smallest absolute Gasteiger partial charge is 0.221 e. The first-order valence-corrected chi connectivity index (χ1v) is 10.3. The molecule has 0 saturated heterocycles. The monoisotopic (exact) mass is 402 g/mol. The summed E-state index contributed by atoms with van der Waals surface area (Å²) in [7, 11) is 3.25. The number of nitrogen functional groups attached to an aromatic ring is 2. The normalized spacial score (nSPS) is 10.7. The van der Waals surface area contributed by atoms with E-state index in [1.165, 1.54) is 38.5 Å². The highest BCUT2D eigenvalue weighted by Crippen LogP contribution is 2.39. The predicted octanol–water partition coefficient (Wildman–Crippen LogP) is 4.38. The maximum Gasteiger partial charge on any atom is 0.221 e. The molecule has 160 valence electrons. The van der Waals surface area contributed by atoms with Crippen molar-refractivity contribution in [2.24, 2.45) is 0 Å². The fraction of sp³-hybridized carbons (Fsp3) is 0.545. The van der Waals surface area contributed by atoms with E-state index in [0.29, 0.717) is 36.1 Å². The third kappa shape index (κ3) is 7.00. The second kappa shape index (κ2) is 12.0. The van der Waals surface area contributed by atoms with Crippen LogP contribution in [0.3, 0.4) is 0 Å². The van der Waals surface area contributed by atoms with Crippen LogP contribution in [0.25, 0.3) is 0 Å². The lowest BCUT2D eigenvalue weighted by Gasteiger charge is -2.16. The van der Waals surface area contributed by atoms with Crippen LogP contribution >= 0.6 is 0 Å². The van der Waals surface area contributed by atoms with E-state index in [-0.39, 0.29) is 5.95 Å². The average molecular weight is 403 g/mol. The van der Waals surface area contributed by atoms with Crippen molar-refractivity contribution in [1.29, 1.82) is 0 Å². The van der Waals surface area contributed by atoms with Gasteiger partial charge in [-0.2, -0.15) is 4.98 Å². The van der Waals surface area contributed by atoms with Crippen LogP contribution in [0.15, 0.2) is 18.3 Å². The van der Waals surface area contributed by atoms with Crippen molar-refractivity contribution in [1.82, 2.24) is 9.97 Å². The maximum absolute atomic E-state index is 6.01. The van der Waals surface area contributed by atoms with Gasteiger partial charge < -0.3 is 25.7 Å². The number of nitrogens with zero attached hydrogens (tertiary/aromatic N) is 2. The van der Waals surface area contributed by atoms with E-state index in [1.54, 1.807) is 20.4 Å². The second-order valence-corrected chi connectivity index (χ2v) is 7.11. The number of unbranched alkanes of at least 4 members (excludes halogenated alkanes) is 6. The molecule has 2 rings (SSSR count). The summed E-state index contributed by atoms with van der Waals surface area (Å²) in [6.07, 6.45) is 10.8. The van der Waals surface area contributed by atoms with Gasteiger partial charge in [0, 0.05) is 18.2 Å². The number of methoxy groups -OCH3 is 2. The van der Waals surface area contributed by atoms with E-state index in [2.05, 4.69) is 16.9 Å². The molecular formula is C22H34N4O3. The number of hydrogen-bond acceptors (Lipinski definition) is 7. The molecular weight excluding hydrogens is 368 g/mol. The van der Waals surface area contributed by atoms with Gasteiger partial charge in [-0.25, -0.2) is 4.98 Å². The quantitative estimate of drug-likeness (QED) is 0.479. The molecule has 0 radical (unpaired) electrons. The van der Waals surface area contributed by atoms with E-state index < -0.39 is 0 Å². The first kappa shape index (κ1) is 22.6. The lowest BCUT2D eigenvalue weighted by atomic mass is 10.1. The lowest BCUT2D eigenvalue weighted by Crippen LogP contribution is -2.05. The van der Waals surface area contributed by atoms with Crippen molar-refractivity contribution in [3.63, 3.8) is 0 Å². The zero-order valence-corrected chi connectivity index (χ0v) is 17.9. The summed E-state index contributed by atoms with van der Waals surface area (Å²) in [6, 6.07) is 3.86. The Labute approximate surface area is 173 Å². The van der Waals surface area contributed by atoms with Crippen LogP contribution in [0.5, 0.6) is 17.2 Å². The molecule has 0 spiro atoms. The molecule has 0 aliphatic heterocycles. The molecule has 1 heterocycles. The predicted molar refractivity (Wildman–Crippen MR) is 117 cm³/mol. The Kier molecular flexibility index (Phi) is 9.34. The van der Waals surface area contributed by atoms with E-state index in [1.807, 2.05) is 12.1 Å². The standard InChI is InChI=1S/C22H34N4O3/c1-4-5-6-7-8-9-10-11-29-20-18(27-2)13-16(14-19(20)28-3)12-17-15-25-22(24)26-21(17)23/h13-15H,4-12H2,1-3H3,(H4,23,24,25,26). The van der Waals surface area contributed by atoms with Gasteiger partial charge in [-0.1, -0.05) is 45.4 Å². The highest BCUT2D eigenvalue weighted by molar-refractivity contribution is 5.55. The largest absolute Gasteiger partial charge is 0.493 e. The average Bonchev–Trinajstić information content (AvgIpc) is 2.72. The van der Waals surface area contributed by atoms with Crippen molar-refractivity contribution in [3.8, 4) is 17.2 Å². The third-order valence-corrected chi connectivity index (χ3v) is 4.83. The summed E-state index contributed by atoms with van der Waals surface area (Å²) in [5.74, 6) is 2.44. The Morgan fingerprint density at radius 1 is 0.897 bits per heavy atom. The molecule has 0 aliphatic rings. The van der Waals surface area contributed by atoms with Crippen molar-refractivity contribution in [3.05, 3.63) is 29.5 Å². The molecule has 1 aromatic carbocycles. The Bertz CT molecular complexity index is 743. The highest BCUT2D eigenvalue weighted by Gasteiger charge is 2.15. The van der Waals surface area contributed by atoms with Crippen LogP contribution in [0.4, 0.5) is 11.8 Å². The highest BCUT2D eigenvalue weighted by atomic mass is 16.5. The van der Waals surface area contributed by atoms with Crippen LogP contribution in [0.1, 0.15) is 63.0 Å². The number of anilines is 2. The van der Waals surface area contributed by atoms with E-state index in [0.717, 1.165) is 17.5 Å². The molecule has 0 fully saturated rings. The zero-order chi connectivity index (χ0) is 21.1. The molecule has 0 unspecified atom stereocenters. The number of rotatable bonds is 13. The summed E-state index contributed by atoms with van der Waals surface area (Å²) in [6.45, 7) is 2.87. The molecule has 29 heavy (non-hydrogen) atoms. The molecule has 0 amide bonds. The molecule has 0 atom stereocenters. The minimum atomic E-state index is 0.163. The van der Waals surface area contributed by atoms with Crippen LogP contribution in [-0.4, -0.2) is 30.8 Å². The summed E-state index contributed by atoms with van der Waals surface area (Å²) in [5.41, 5.74) is 13.3. The van der Waals surface area contributed by atoms with Gasteiger partial charge in [0.1, 0.15) is 5.82 Å². The minimum Gasteiger partial charge on any atom is -0.493 e. The maximum atomic E-state index is 6.01. The van der Waals surface area contributed by atoms with Gasteiger partial charge in [0.2, 0.25) is 11.7 Å². The Morgan fingerprint density at radius 2 is 1.52 bits per heavy atom. The van der Waals surface area contributed by atoms with Crippen molar-refractivity contribution in [2.45, 2.75) is 58.3 Å². The first-order chi connectivity index (χ1) is 14.1. The summed E-state index contributed by atoms with van der Waals surface area (Å²) in [5, 5.41) is 0. The Hall–Kier alpha value is -2.70. The third-order valence-electron chi connectivity index (χ3n) is 4.83. The van der Waals surface area contributed by atoms with Gasteiger partial charge in [-0.05, 0) is 24.1 Å². The van der Waals surface area contributed by atoms with Gasteiger partial charge in [-0.15, -0.1) is 0 Å². The number of hydrogen-bond donors (Lipinski definition) is 2. The number of ether oxygens (including phenoxy) is 3. The number of benzene rings is 1. The van der Waals surface area contributed by atoms with Gasteiger partial charge in [0.25, 0.3) is 0 Å². The van der Waals surface area contributed by atoms with Crippen LogP contribution in [0, 0.1) is 0 Å². The fourth-order valence-corrected chi connectivity index (χ4v) is 3.20. The lowest BCUT2D eigenvalue weighted by molar-refractivity contribution is 0.267. The van der Waals surface area contributed by atoms with Crippen molar-refractivity contribution < 1.29 is 14.2 Å². The van der Waals surface area contributed by atoms with Gasteiger partial charge in [0.15, 0.2) is 11.5 Å². The van der Waals surface area contributed by atoms with E-state index >= 15 is 0 Å². The molecule has 0 aliphatic carbocycles. The molecule has 7 heteroatoms. The molecule has 7 nitrogen and oxygen atoms in total. The second-order valence-electron chi connectivity index (χ2n) is 7.11. The Morgan fingerprint density at radius 3 is 2.10 bits per heavy atom. The molecule has 1 aromatic heterocycles. The fourth-order valence-electron chi connectivity index (χ4n) is 3.20. The minimum absolute atomic E-state index is 0.163. The SMILES string of the molecule is CCCCCCCCCOc1c(OC)cc(Cc2cnc(N)nc2N)cc1OC. The van der Waals surface area contributed by atoms with Crippen LogP contribution < -0.4 is 25.7 Å². The van der Waals surface area contributed by atoms with Gasteiger partial charge >= 0.3 is 0 Å². The van der Waals surface area contributed by atoms with Crippen molar-refractivity contribution >= 4 is 11.8 Å². The van der Waals surface area contributed by atoms with Crippen LogP contribution in [-0.2, 0) is 6.42 Å². The first-order valence-electron chi connectivity index (χ1n) is 10.3. The topological polar surface area (TPSA) is 106 Å². The molecule has 2 aromatic rings. The van der Waals surface area contributed by atoms with Gasteiger partial charge in [-0.3, -0.25) is 0 Å². The molecule has 0 saturated carbocycles. The Balaban J connectivity index is 2.00. The molecule has 4 N–H and O–H groups in total. The summed E-state index contributed by atoms with van der Waals surface area (Å²) < 4.78 is 17.1. The van der Waals surface area contributed by atoms with Crippen LogP contribution in [0.2, 0.25) is 0 Å². The van der Waals surface area contributed by atoms with Gasteiger partial charge in [0.05, 0.1) is 20.8 Å². The number of nitrogens with two attached hydrogens (primary N) is 2. The molecule has 0 bridgehead atoms. The number of aromatic nitrogens is 2.